The summed E-state index contributed by atoms with van der Waals surface area (Å²) in [5.74, 6) is 0. The van der Waals surface area contributed by atoms with Crippen LogP contribution in [0.5, 0.6) is 0 Å². The van der Waals surface area contributed by atoms with Crippen molar-refractivity contribution >= 4 is 10.1 Å². The zero-order valence-electron chi connectivity index (χ0n) is 7.58. The van der Waals surface area contributed by atoms with E-state index in [-0.39, 0.29) is 29.6 Å². The SMILES string of the molecule is O=S(=O)([O-])c1ccc(C(F)(F)F)cc1.[Na+]. The maximum atomic E-state index is 12.0. The molecule has 0 aliphatic heterocycles. The Balaban J connectivity index is 0.00000196. The first-order valence-corrected chi connectivity index (χ1v) is 4.75. The van der Waals surface area contributed by atoms with Gasteiger partial charge in [-0.05, 0) is 24.3 Å². The van der Waals surface area contributed by atoms with Crippen molar-refractivity contribution in [3.63, 3.8) is 0 Å². The zero-order valence-corrected chi connectivity index (χ0v) is 10.4. The molecular weight excluding hydrogens is 244 g/mol. The van der Waals surface area contributed by atoms with Gasteiger partial charge < -0.3 is 4.55 Å². The van der Waals surface area contributed by atoms with Crippen LogP contribution in [-0.2, 0) is 16.3 Å². The number of alkyl halides is 3. The van der Waals surface area contributed by atoms with E-state index < -0.39 is 26.8 Å². The Kier molecular flexibility index (Phi) is 4.81. The fourth-order valence-corrected chi connectivity index (χ4v) is 1.28. The summed E-state index contributed by atoms with van der Waals surface area (Å²) in [7, 11) is -4.68. The molecular formula is C7H4F3NaO3S. The normalized spacial score (nSPS) is 12.0. The second-order valence-corrected chi connectivity index (χ2v) is 3.86. The summed E-state index contributed by atoms with van der Waals surface area (Å²) < 4.78 is 67.0. The predicted molar refractivity (Wildman–Crippen MR) is 39.4 cm³/mol. The molecule has 3 nitrogen and oxygen atoms in total. The van der Waals surface area contributed by atoms with Crippen LogP contribution < -0.4 is 29.6 Å². The van der Waals surface area contributed by atoms with Crippen molar-refractivity contribution in [1.82, 2.24) is 0 Å². The molecule has 0 bridgehead atoms. The van der Waals surface area contributed by atoms with Crippen LogP contribution in [0.25, 0.3) is 0 Å². The zero-order chi connectivity index (χ0) is 11.0. The minimum atomic E-state index is -4.68. The van der Waals surface area contributed by atoms with Crippen LogP contribution in [0.15, 0.2) is 29.2 Å². The van der Waals surface area contributed by atoms with E-state index in [9.17, 15) is 26.1 Å². The number of halogens is 3. The van der Waals surface area contributed by atoms with Gasteiger partial charge in [0.1, 0.15) is 10.1 Å². The summed E-state index contributed by atoms with van der Waals surface area (Å²) in [6, 6.07) is 2.35. The van der Waals surface area contributed by atoms with Crippen molar-refractivity contribution in [3.8, 4) is 0 Å². The summed E-state index contributed by atoms with van der Waals surface area (Å²) >= 11 is 0. The number of hydrogen-bond donors (Lipinski definition) is 0. The average molecular weight is 248 g/mol. The molecule has 0 amide bonds. The van der Waals surface area contributed by atoms with E-state index in [0.717, 1.165) is 0 Å². The molecule has 0 aromatic heterocycles. The maximum absolute atomic E-state index is 12.0. The molecule has 0 saturated carbocycles. The molecule has 0 saturated heterocycles. The van der Waals surface area contributed by atoms with E-state index >= 15 is 0 Å². The quantitative estimate of drug-likeness (QED) is 0.454. The first kappa shape index (κ1) is 14.9. The molecule has 0 unspecified atom stereocenters. The van der Waals surface area contributed by atoms with Gasteiger partial charge in [-0.2, -0.15) is 13.2 Å². The van der Waals surface area contributed by atoms with Gasteiger partial charge in [0.2, 0.25) is 0 Å². The van der Waals surface area contributed by atoms with E-state index in [1.165, 1.54) is 0 Å². The third-order valence-corrected chi connectivity index (χ3v) is 2.32. The van der Waals surface area contributed by atoms with Crippen LogP contribution >= 0.6 is 0 Å². The maximum Gasteiger partial charge on any atom is 1.00 e. The molecule has 0 N–H and O–H groups in total. The van der Waals surface area contributed by atoms with Crippen LogP contribution in [-0.4, -0.2) is 13.0 Å². The first-order valence-electron chi connectivity index (χ1n) is 3.34. The van der Waals surface area contributed by atoms with Gasteiger partial charge in [-0.15, -0.1) is 0 Å². The molecule has 0 fully saturated rings. The Morgan fingerprint density at radius 2 is 1.47 bits per heavy atom. The van der Waals surface area contributed by atoms with Crippen molar-refractivity contribution in [2.24, 2.45) is 0 Å². The summed E-state index contributed by atoms with van der Waals surface area (Å²) in [5.41, 5.74) is -0.995. The summed E-state index contributed by atoms with van der Waals surface area (Å²) in [6.07, 6.45) is -4.54. The van der Waals surface area contributed by atoms with E-state index in [1.807, 2.05) is 0 Å². The predicted octanol–water partition coefficient (Wildman–Crippen LogP) is -1.39. The molecule has 1 rings (SSSR count). The summed E-state index contributed by atoms with van der Waals surface area (Å²) in [6.45, 7) is 0. The third kappa shape index (κ3) is 4.12. The van der Waals surface area contributed by atoms with Crippen LogP contribution in [0.3, 0.4) is 0 Å². The molecule has 0 aliphatic carbocycles. The van der Waals surface area contributed by atoms with E-state index in [1.54, 1.807) is 0 Å². The van der Waals surface area contributed by atoms with Gasteiger partial charge >= 0.3 is 35.7 Å². The number of benzene rings is 1. The minimum absolute atomic E-state index is 0. The Morgan fingerprint density at radius 1 is 1.07 bits per heavy atom. The van der Waals surface area contributed by atoms with Crippen molar-refractivity contribution in [3.05, 3.63) is 29.8 Å². The van der Waals surface area contributed by atoms with Gasteiger partial charge in [0.25, 0.3) is 0 Å². The molecule has 0 radical (unpaired) electrons. The van der Waals surface area contributed by atoms with Crippen molar-refractivity contribution < 1.29 is 55.7 Å². The largest absolute Gasteiger partial charge is 1.00 e. The standard InChI is InChI=1S/C7H5F3O3S.Na/c8-7(9,10)5-1-3-6(4-2-5)14(11,12)13;/h1-4H,(H,11,12,13);/q;+1/p-1. The molecule has 1 aromatic rings. The molecule has 78 valence electrons. The first-order chi connectivity index (χ1) is 6.21. The molecule has 0 aliphatic rings. The van der Waals surface area contributed by atoms with Gasteiger partial charge in [-0.1, -0.05) is 0 Å². The van der Waals surface area contributed by atoms with Crippen LogP contribution in [0.2, 0.25) is 0 Å². The fourth-order valence-electron chi connectivity index (χ4n) is 0.811. The topological polar surface area (TPSA) is 57.2 Å². The fraction of sp³-hybridized carbons (Fsp3) is 0.143. The Hall–Kier alpha value is -0.0800. The Bertz CT molecular complexity index is 424. The Labute approximate surface area is 106 Å². The van der Waals surface area contributed by atoms with Crippen molar-refractivity contribution in [1.29, 1.82) is 0 Å². The Morgan fingerprint density at radius 3 is 1.73 bits per heavy atom. The third-order valence-electron chi connectivity index (χ3n) is 1.47. The molecule has 1 aromatic carbocycles. The van der Waals surface area contributed by atoms with Gasteiger partial charge in [-0.25, -0.2) is 8.42 Å². The monoisotopic (exact) mass is 248 g/mol. The smallest absolute Gasteiger partial charge is 0.744 e. The molecule has 15 heavy (non-hydrogen) atoms. The van der Waals surface area contributed by atoms with Crippen LogP contribution in [0, 0.1) is 0 Å². The number of rotatable bonds is 1. The van der Waals surface area contributed by atoms with Gasteiger partial charge in [0, 0.05) is 0 Å². The van der Waals surface area contributed by atoms with Crippen molar-refractivity contribution in [2.45, 2.75) is 11.1 Å². The minimum Gasteiger partial charge on any atom is -0.744 e. The van der Waals surface area contributed by atoms with E-state index in [2.05, 4.69) is 0 Å². The molecule has 0 spiro atoms. The molecule has 8 heteroatoms. The number of hydrogen-bond acceptors (Lipinski definition) is 3. The van der Waals surface area contributed by atoms with Gasteiger partial charge in [0.15, 0.2) is 0 Å². The van der Waals surface area contributed by atoms with Gasteiger partial charge in [0.05, 0.1) is 10.5 Å². The van der Waals surface area contributed by atoms with E-state index in [0.29, 0.717) is 24.3 Å². The second-order valence-electron chi connectivity index (χ2n) is 2.48. The summed E-state index contributed by atoms with van der Waals surface area (Å²) in [5, 5.41) is 0. The average Bonchev–Trinajstić information content (AvgIpc) is 2.01. The van der Waals surface area contributed by atoms with E-state index in [4.69, 9.17) is 0 Å². The van der Waals surface area contributed by atoms with Crippen LogP contribution in [0.4, 0.5) is 13.2 Å². The van der Waals surface area contributed by atoms with Gasteiger partial charge in [-0.3, -0.25) is 0 Å². The van der Waals surface area contributed by atoms with Crippen molar-refractivity contribution in [2.75, 3.05) is 0 Å². The van der Waals surface area contributed by atoms with Crippen LogP contribution in [0.1, 0.15) is 5.56 Å². The summed E-state index contributed by atoms with van der Waals surface area (Å²) in [4.78, 5) is -0.675. The molecule has 0 atom stereocenters. The second kappa shape index (κ2) is 4.84. The molecule has 0 heterocycles.